The van der Waals surface area contributed by atoms with Crippen molar-refractivity contribution in [1.82, 2.24) is 9.88 Å². The highest BCUT2D eigenvalue weighted by molar-refractivity contribution is 7.17. The Morgan fingerprint density at radius 2 is 1.77 bits per heavy atom. The van der Waals surface area contributed by atoms with Crippen molar-refractivity contribution in [2.24, 2.45) is 0 Å². The molecule has 0 radical (unpaired) electrons. The molecule has 1 aliphatic rings. The van der Waals surface area contributed by atoms with Gasteiger partial charge in [0.2, 0.25) is 5.78 Å². The molecule has 0 fully saturated rings. The first-order chi connectivity index (χ1) is 16.6. The third-order valence-corrected chi connectivity index (χ3v) is 7.41. The highest BCUT2D eigenvalue weighted by Gasteiger charge is 2.44. The summed E-state index contributed by atoms with van der Waals surface area (Å²) in [4.78, 5) is 33.4. The van der Waals surface area contributed by atoms with Crippen molar-refractivity contribution in [3.05, 3.63) is 87.6 Å². The number of ether oxygens (including phenoxy) is 1. The molecule has 1 atom stereocenters. The number of carbonyl (C=O) groups is 2. The van der Waals surface area contributed by atoms with E-state index in [1.54, 1.807) is 14.0 Å². The van der Waals surface area contributed by atoms with E-state index >= 15 is 0 Å². The monoisotopic (exact) mass is 490 g/mol. The molecule has 7 heteroatoms. The van der Waals surface area contributed by atoms with Crippen LogP contribution in [0.2, 0.25) is 0 Å². The molecular formula is C28H30N2O4S. The highest BCUT2D eigenvalue weighted by Crippen LogP contribution is 2.41. The average Bonchev–Trinajstić information content (AvgIpc) is 3.35. The molecule has 2 aromatic carbocycles. The predicted octanol–water partition coefficient (Wildman–Crippen LogP) is 5.64. The van der Waals surface area contributed by atoms with E-state index in [1.165, 1.54) is 16.2 Å². The number of benzene rings is 2. The minimum absolute atomic E-state index is 0.0377. The van der Waals surface area contributed by atoms with Gasteiger partial charge in [-0.15, -0.1) is 11.3 Å². The third-order valence-electron chi connectivity index (χ3n) is 6.20. The number of aliphatic hydroxyl groups is 1. The van der Waals surface area contributed by atoms with Gasteiger partial charge in [-0.2, -0.15) is 0 Å². The van der Waals surface area contributed by atoms with Crippen molar-refractivity contribution in [1.29, 1.82) is 0 Å². The van der Waals surface area contributed by atoms with Crippen molar-refractivity contribution in [2.75, 3.05) is 20.3 Å². The maximum Gasteiger partial charge on any atom is 0.290 e. The minimum atomic E-state index is -0.708. The summed E-state index contributed by atoms with van der Waals surface area (Å²) in [6, 6.07) is 16.8. The number of hydrogen-bond acceptors (Lipinski definition) is 6. The van der Waals surface area contributed by atoms with Crippen LogP contribution in [0.3, 0.4) is 0 Å². The first-order valence-electron chi connectivity index (χ1n) is 11.5. The lowest BCUT2D eigenvalue weighted by molar-refractivity contribution is -0.130. The van der Waals surface area contributed by atoms with Gasteiger partial charge in [0.25, 0.3) is 5.91 Å². The van der Waals surface area contributed by atoms with Gasteiger partial charge in [-0.3, -0.25) is 9.59 Å². The molecule has 1 unspecified atom stereocenters. The first-order valence-corrected chi connectivity index (χ1v) is 12.4. The molecule has 0 saturated heterocycles. The van der Waals surface area contributed by atoms with E-state index in [1.807, 2.05) is 54.6 Å². The first kappa shape index (κ1) is 24.8. The van der Waals surface area contributed by atoms with E-state index in [-0.39, 0.29) is 29.9 Å². The summed E-state index contributed by atoms with van der Waals surface area (Å²) >= 11 is 1.27. The van der Waals surface area contributed by atoms with Gasteiger partial charge in [0.1, 0.15) is 5.01 Å². The topological polar surface area (TPSA) is 79.7 Å². The molecule has 1 amide bonds. The molecular weight excluding hydrogens is 460 g/mol. The van der Waals surface area contributed by atoms with Crippen LogP contribution < -0.4 is 0 Å². The predicted molar refractivity (Wildman–Crippen MR) is 138 cm³/mol. The highest BCUT2D eigenvalue weighted by atomic mass is 32.1. The van der Waals surface area contributed by atoms with E-state index in [9.17, 15) is 14.7 Å². The van der Waals surface area contributed by atoms with E-state index in [4.69, 9.17) is 4.74 Å². The number of hydrogen-bond donors (Lipinski definition) is 1. The molecule has 2 heterocycles. The number of thiazole rings is 1. The van der Waals surface area contributed by atoms with E-state index in [2.05, 4.69) is 25.8 Å². The quantitative estimate of drug-likeness (QED) is 0.434. The summed E-state index contributed by atoms with van der Waals surface area (Å²) in [5, 5.41) is 11.6. The average molecular weight is 491 g/mol. The fraction of sp³-hybridized carbons (Fsp3) is 0.321. The van der Waals surface area contributed by atoms with Crippen LogP contribution in [0.4, 0.5) is 0 Å². The lowest BCUT2D eigenvalue weighted by Crippen LogP contribution is -2.34. The Morgan fingerprint density at radius 1 is 1.11 bits per heavy atom. The number of nitrogens with zero attached hydrogens (tertiary/aromatic N) is 2. The summed E-state index contributed by atoms with van der Waals surface area (Å²) in [5.41, 5.74) is 3.44. The van der Waals surface area contributed by atoms with Crippen molar-refractivity contribution < 1.29 is 19.4 Å². The zero-order valence-electron chi connectivity index (χ0n) is 20.7. The summed E-state index contributed by atoms with van der Waals surface area (Å²) in [6.45, 7) is 8.70. The smallest absolute Gasteiger partial charge is 0.290 e. The number of aliphatic hydroxyl groups excluding tert-OH is 1. The number of methoxy groups -OCH3 is 1. The molecule has 1 aliphatic heterocycles. The van der Waals surface area contributed by atoms with Crippen LogP contribution in [0.1, 0.15) is 53.3 Å². The summed E-state index contributed by atoms with van der Waals surface area (Å²) in [5.74, 6) is -1.45. The molecule has 6 nitrogen and oxygen atoms in total. The Morgan fingerprint density at radius 3 is 2.37 bits per heavy atom. The number of carbonyl (C=O) groups excluding carboxylic acids is 2. The standard InChI is InChI=1S/C28H30N2O4S/c1-17-25(35-26(29-17)19-9-7-6-8-10-19)23(31)21-22(30(15-16-34-5)27(33)24(21)32)18-11-13-20(14-12-18)28(2,3)4/h6-14,22,32H,15-16H2,1-5H3. The molecule has 0 bridgehead atoms. The normalized spacial score (nSPS) is 16.3. The molecule has 1 aromatic heterocycles. The van der Waals surface area contributed by atoms with Crippen molar-refractivity contribution in [3.63, 3.8) is 0 Å². The summed E-state index contributed by atoms with van der Waals surface area (Å²) in [7, 11) is 1.55. The largest absolute Gasteiger partial charge is 0.503 e. The zero-order chi connectivity index (χ0) is 25.3. The summed E-state index contributed by atoms with van der Waals surface area (Å²) in [6.07, 6.45) is 0. The minimum Gasteiger partial charge on any atom is -0.503 e. The van der Waals surface area contributed by atoms with Crippen LogP contribution in [0.25, 0.3) is 10.6 Å². The van der Waals surface area contributed by atoms with Gasteiger partial charge in [0.15, 0.2) is 5.76 Å². The molecule has 35 heavy (non-hydrogen) atoms. The maximum absolute atomic E-state index is 13.8. The van der Waals surface area contributed by atoms with Crippen LogP contribution in [-0.2, 0) is 14.9 Å². The van der Waals surface area contributed by atoms with Crippen LogP contribution in [0.15, 0.2) is 65.9 Å². The van der Waals surface area contributed by atoms with Crippen LogP contribution in [0.5, 0.6) is 0 Å². The van der Waals surface area contributed by atoms with Crippen LogP contribution in [0, 0.1) is 6.92 Å². The fourth-order valence-electron chi connectivity index (χ4n) is 4.25. The zero-order valence-corrected chi connectivity index (χ0v) is 21.5. The number of ketones is 1. The van der Waals surface area contributed by atoms with E-state index in [0.717, 1.165) is 21.7 Å². The number of amides is 1. The lowest BCUT2D eigenvalue weighted by atomic mass is 9.85. The van der Waals surface area contributed by atoms with Crippen molar-refractivity contribution in [3.8, 4) is 10.6 Å². The van der Waals surface area contributed by atoms with Crippen molar-refractivity contribution >= 4 is 23.0 Å². The number of aromatic nitrogens is 1. The van der Waals surface area contributed by atoms with E-state index < -0.39 is 17.7 Å². The molecule has 3 aromatic rings. The van der Waals surface area contributed by atoms with Crippen LogP contribution >= 0.6 is 11.3 Å². The van der Waals surface area contributed by atoms with Crippen LogP contribution in [-0.4, -0.2) is 46.9 Å². The van der Waals surface area contributed by atoms with Gasteiger partial charge in [-0.25, -0.2) is 4.98 Å². The van der Waals surface area contributed by atoms with E-state index in [0.29, 0.717) is 10.6 Å². The van der Waals surface area contributed by atoms with Gasteiger partial charge in [0.05, 0.1) is 28.8 Å². The number of rotatable bonds is 7. The third kappa shape index (κ3) is 4.79. The van der Waals surface area contributed by atoms with Gasteiger partial charge in [-0.1, -0.05) is 75.4 Å². The van der Waals surface area contributed by atoms with Gasteiger partial charge < -0.3 is 14.7 Å². The molecule has 0 spiro atoms. The molecule has 0 saturated carbocycles. The maximum atomic E-state index is 13.8. The molecule has 1 N–H and O–H groups in total. The molecule has 182 valence electrons. The van der Waals surface area contributed by atoms with Gasteiger partial charge in [-0.05, 0) is 23.5 Å². The van der Waals surface area contributed by atoms with Gasteiger partial charge >= 0.3 is 0 Å². The Labute approximate surface area is 209 Å². The van der Waals surface area contributed by atoms with Gasteiger partial charge in [0, 0.05) is 19.2 Å². The number of Topliss-reactive ketones (excluding diaryl/α,β-unsaturated/α-hetero) is 1. The Kier molecular flexibility index (Phi) is 6.92. The SMILES string of the molecule is COCCN1C(=O)C(O)=C(C(=O)c2sc(-c3ccccc3)nc2C)C1c1ccc(C(C)(C)C)cc1. The second-order valence-electron chi connectivity index (χ2n) is 9.66. The second-order valence-corrected chi connectivity index (χ2v) is 10.7. The number of aryl methyl sites for hydroxylation is 1. The molecule has 4 rings (SSSR count). The Balaban J connectivity index is 1.77. The van der Waals surface area contributed by atoms with Crippen molar-refractivity contribution in [2.45, 2.75) is 39.2 Å². The molecule has 0 aliphatic carbocycles. The lowest BCUT2D eigenvalue weighted by Gasteiger charge is -2.27. The second kappa shape index (κ2) is 9.76. The Bertz CT molecular complexity index is 1270. The fourth-order valence-corrected chi connectivity index (χ4v) is 5.28. The Hall–Kier alpha value is -3.29. The summed E-state index contributed by atoms with van der Waals surface area (Å²) < 4.78 is 5.20.